The summed E-state index contributed by atoms with van der Waals surface area (Å²) in [6, 6.07) is 4.63. The number of ether oxygens (including phenoxy) is 1. The Morgan fingerprint density at radius 2 is 2.15 bits per heavy atom. The molecule has 3 N–H and O–H groups in total. The third-order valence-electron chi connectivity index (χ3n) is 2.61. The molecule has 0 saturated carbocycles. The molecule has 0 heterocycles. The Kier molecular flexibility index (Phi) is 5.97. The second-order valence-corrected chi connectivity index (χ2v) is 6.43. The zero-order chi connectivity index (χ0) is 15.3. The third-order valence-corrected chi connectivity index (χ3v) is 4.05. The molecule has 0 saturated heterocycles. The van der Waals surface area contributed by atoms with E-state index < -0.39 is 10.0 Å². The summed E-state index contributed by atoms with van der Waals surface area (Å²) in [6.45, 7) is 1.83. The van der Waals surface area contributed by atoms with Crippen LogP contribution in [0.15, 0.2) is 23.1 Å². The molecule has 1 aromatic rings. The maximum absolute atomic E-state index is 11.5. The van der Waals surface area contributed by atoms with Crippen LogP contribution < -0.4 is 15.2 Å². The van der Waals surface area contributed by atoms with E-state index in [1.807, 2.05) is 6.92 Å². The number of halogens is 1. The van der Waals surface area contributed by atoms with Gasteiger partial charge in [0, 0.05) is 6.04 Å². The first-order valence-corrected chi connectivity index (χ1v) is 8.49. The summed E-state index contributed by atoms with van der Waals surface area (Å²) in [5.74, 6) is 0.0751. The number of hydrogen-bond donors (Lipinski definition) is 2. The van der Waals surface area contributed by atoms with Crippen LogP contribution in [0, 0.1) is 0 Å². The van der Waals surface area contributed by atoms with Crippen LogP contribution in [-0.4, -0.2) is 32.8 Å². The molecule has 1 atom stereocenters. The van der Waals surface area contributed by atoms with Gasteiger partial charge in [0.25, 0.3) is 0 Å². The Labute approximate surface area is 126 Å². The fraction of sp³-hybridized carbons (Fsp3) is 0.417. The van der Waals surface area contributed by atoms with Crippen LogP contribution in [0.4, 0.5) is 0 Å². The highest BCUT2D eigenvalue weighted by Gasteiger charge is 2.16. The number of primary sulfonamides is 1. The molecule has 0 radical (unpaired) electrons. The molecule has 0 spiro atoms. The molecule has 0 aliphatic heterocycles. The van der Waals surface area contributed by atoms with Gasteiger partial charge in [0.15, 0.2) is 0 Å². The Morgan fingerprint density at radius 3 is 2.65 bits per heavy atom. The van der Waals surface area contributed by atoms with Gasteiger partial charge in [-0.3, -0.25) is 4.79 Å². The van der Waals surface area contributed by atoms with Gasteiger partial charge in [0.05, 0.1) is 12.4 Å². The summed E-state index contributed by atoms with van der Waals surface area (Å²) in [4.78, 5) is 11.2. The van der Waals surface area contributed by atoms with Crippen molar-refractivity contribution in [2.45, 2.75) is 24.3 Å². The highest BCUT2D eigenvalue weighted by atomic mass is 79.9. The normalized spacial score (nSPS) is 12.8. The van der Waals surface area contributed by atoms with E-state index in [-0.39, 0.29) is 27.9 Å². The molecule has 1 rings (SSSR count). The van der Waals surface area contributed by atoms with Crippen molar-refractivity contribution in [1.29, 1.82) is 0 Å². The average molecular weight is 365 g/mol. The lowest BCUT2D eigenvalue weighted by molar-refractivity contribution is -0.119. The van der Waals surface area contributed by atoms with Gasteiger partial charge in [-0.25, -0.2) is 13.6 Å². The van der Waals surface area contributed by atoms with Crippen LogP contribution in [0.2, 0.25) is 0 Å². The van der Waals surface area contributed by atoms with Gasteiger partial charge in [0.1, 0.15) is 10.6 Å². The first kappa shape index (κ1) is 16.9. The number of amides is 1. The Bertz CT molecular complexity index is 589. The minimum atomic E-state index is -3.85. The highest BCUT2D eigenvalue weighted by Crippen LogP contribution is 2.24. The zero-order valence-corrected chi connectivity index (χ0v) is 13.6. The lowest BCUT2D eigenvalue weighted by Crippen LogP contribution is -2.34. The van der Waals surface area contributed by atoms with E-state index in [2.05, 4.69) is 21.2 Å². The first-order valence-electron chi connectivity index (χ1n) is 5.83. The molecule has 0 fully saturated rings. The van der Waals surface area contributed by atoms with Crippen molar-refractivity contribution < 1.29 is 17.9 Å². The number of alkyl halides is 1. The van der Waals surface area contributed by atoms with E-state index in [4.69, 9.17) is 9.88 Å². The number of benzene rings is 1. The maximum Gasteiger partial charge on any atom is 0.241 e. The number of carbonyl (C=O) groups excluding carboxylic acids is 1. The summed E-state index contributed by atoms with van der Waals surface area (Å²) < 4.78 is 28.0. The number of carbonyl (C=O) groups is 1. The van der Waals surface area contributed by atoms with Crippen molar-refractivity contribution in [2.75, 3.05) is 12.4 Å². The van der Waals surface area contributed by atoms with Crippen molar-refractivity contribution in [1.82, 2.24) is 5.32 Å². The van der Waals surface area contributed by atoms with Crippen molar-refractivity contribution in [3.8, 4) is 5.75 Å². The van der Waals surface area contributed by atoms with Crippen LogP contribution in [0.3, 0.4) is 0 Å². The van der Waals surface area contributed by atoms with Crippen molar-refractivity contribution >= 4 is 31.9 Å². The second-order valence-electron chi connectivity index (χ2n) is 4.34. The Hall–Kier alpha value is -1.12. The van der Waals surface area contributed by atoms with Crippen molar-refractivity contribution in [2.24, 2.45) is 5.14 Å². The van der Waals surface area contributed by atoms with Crippen LogP contribution in [-0.2, 0) is 21.2 Å². The molecule has 1 amide bonds. The number of rotatable bonds is 6. The highest BCUT2D eigenvalue weighted by molar-refractivity contribution is 9.09. The topological polar surface area (TPSA) is 98.5 Å². The summed E-state index contributed by atoms with van der Waals surface area (Å²) in [6.07, 6.45) is 0.491. The summed E-state index contributed by atoms with van der Waals surface area (Å²) in [7, 11) is -2.47. The number of methoxy groups -OCH3 is 1. The molecule has 0 unspecified atom stereocenters. The van der Waals surface area contributed by atoms with E-state index in [9.17, 15) is 13.2 Å². The van der Waals surface area contributed by atoms with Gasteiger partial charge in [-0.1, -0.05) is 22.0 Å². The fourth-order valence-electron chi connectivity index (χ4n) is 1.79. The molecule has 1 aromatic carbocycles. The van der Waals surface area contributed by atoms with Crippen LogP contribution >= 0.6 is 15.9 Å². The monoisotopic (exact) mass is 364 g/mol. The molecular weight excluding hydrogens is 348 g/mol. The largest absolute Gasteiger partial charge is 0.495 e. The summed E-state index contributed by atoms with van der Waals surface area (Å²) in [5, 5.41) is 8.14. The molecule has 6 nitrogen and oxygen atoms in total. The van der Waals surface area contributed by atoms with Gasteiger partial charge in [0.2, 0.25) is 15.9 Å². The molecular formula is C12H17BrN2O4S. The van der Waals surface area contributed by atoms with Gasteiger partial charge < -0.3 is 10.1 Å². The SMILES string of the molecule is COc1ccc(C[C@@H](C)NC(=O)CBr)cc1S(N)(=O)=O. The van der Waals surface area contributed by atoms with Crippen molar-refractivity contribution in [3.63, 3.8) is 0 Å². The number of sulfonamides is 1. The quantitative estimate of drug-likeness (QED) is 0.728. The molecule has 8 heteroatoms. The van der Waals surface area contributed by atoms with E-state index in [1.165, 1.54) is 13.2 Å². The maximum atomic E-state index is 11.5. The second kappa shape index (κ2) is 7.05. The van der Waals surface area contributed by atoms with Crippen LogP contribution in [0.5, 0.6) is 5.75 Å². The predicted molar refractivity (Wildman–Crippen MR) is 79.5 cm³/mol. The van der Waals surface area contributed by atoms with E-state index >= 15 is 0 Å². The minimum absolute atomic E-state index is 0.0588. The Morgan fingerprint density at radius 1 is 1.50 bits per heavy atom. The molecule has 0 aliphatic carbocycles. The van der Waals surface area contributed by atoms with Gasteiger partial charge in [-0.15, -0.1) is 0 Å². The lowest BCUT2D eigenvalue weighted by Gasteiger charge is -2.14. The molecule has 0 bridgehead atoms. The first-order chi connectivity index (χ1) is 9.27. The van der Waals surface area contributed by atoms with Gasteiger partial charge in [-0.05, 0) is 31.0 Å². The fourth-order valence-corrected chi connectivity index (χ4v) is 2.70. The summed E-state index contributed by atoms with van der Waals surface area (Å²) >= 11 is 3.06. The van der Waals surface area contributed by atoms with Crippen LogP contribution in [0.25, 0.3) is 0 Å². The van der Waals surface area contributed by atoms with E-state index in [1.54, 1.807) is 12.1 Å². The van der Waals surface area contributed by atoms with E-state index in [0.29, 0.717) is 6.42 Å². The number of hydrogen-bond acceptors (Lipinski definition) is 4. The van der Waals surface area contributed by atoms with Gasteiger partial charge >= 0.3 is 0 Å². The van der Waals surface area contributed by atoms with Crippen LogP contribution in [0.1, 0.15) is 12.5 Å². The minimum Gasteiger partial charge on any atom is -0.495 e. The molecule has 0 aliphatic rings. The van der Waals surface area contributed by atoms with E-state index in [0.717, 1.165) is 5.56 Å². The van der Waals surface area contributed by atoms with Crippen molar-refractivity contribution in [3.05, 3.63) is 23.8 Å². The van der Waals surface area contributed by atoms with Gasteiger partial charge in [-0.2, -0.15) is 0 Å². The Balaban J connectivity index is 2.96. The predicted octanol–water partition coefficient (Wildman–Crippen LogP) is 0.785. The third kappa shape index (κ3) is 4.77. The standard InChI is InChI=1S/C12H17BrN2O4S/c1-8(15-12(16)7-13)5-9-3-4-10(19-2)11(6-9)20(14,17)18/h3-4,6,8H,5,7H2,1-2H3,(H,15,16)(H2,14,17,18)/t8-/m1/s1. The average Bonchev–Trinajstić information content (AvgIpc) is 2.37. The smallest absolute Gasteiger partial charge is 0.241 e. The molecule has 20 heavy (non-hydrogen) atoms. The summed E-state index contributed by atoms with van der Waals surface area (Å²) in [5.41, 5.74) is 0.747. The molecule has 112 valence electrons. The number of nitrogens with two attached hydrogens (primary N) is 1. The number of nitrogens with one attached hydrogen (secondary N) is 1. The molecule has 0 aromatic heterocycles. The lowest BCUT2D eigenvalue weighted by atomic mass is 10.1. The zero-order valence-electron chi connectivity index (χ0n) is 11.2.